The van der Waals surface area contributed by atoms with Gasteiger partial charge in [-0.1, -0.05) is 69.1 Å². The van der Waals surface area contributed by atoms with Gasteiger partial charge in [-0.05, 0) is 60.7 Å². The number of halogens is 3. The van der Waals surface area contributed by atoms with E-state index < -0.39 is 29.6 Å². The highest BCUT2D eigenvalue weighted by atomic mass is 79.9. The summed E-state index contributed by atoms with van der Waals surface area (Å²) in [6.07, 6.45) is -0.102. The maximum atomic E-state index is 13.3. The lowest BCUT2D eigenvalue weighted by molar-refractivity contribution is -0.121. The summed E-state index contributed by atoms with van der Waals surface area (Å²) in [6, 6.07) is 22.8. The van der Waals surface area contributed by atoms with Gasteiger partial charge in [0.1, 0.15) is 11.1 Å². The van der Waals surface area contributed by atoms with Crippen LogP contribution in [0.3, 0.4) is 0 Å². The predicted octanol–water partition coefficient (Wildman–Crippen LogP) is 7.15. The number of nitrogens with zero attached hydrogens (tertiary/aromatic N) is 3. The number of aromatic nitrogens is 1. The van der Waals surface area contributed by atoms with E-state index in [0.717, 1.165) is 21.1 Å². The first-order valence-corrected chi connectivity index (χ1v) is 15.0. The summed E-state index contributed by atoms with van der Waals surface area (Å²) >= 11 is 16.5. The van der Waals surface area contributed by atoms with Crippen LogP contribution in [-0.2, 0) is 14.3 Å². The first-order chi connectivity index (χ1) is 20.6. The minimum Gasteiger partial charge on any atom is -0.454 e. The van der Waals surface area contributed by atoms with Crippen molar-refractivity contribution in [3.8, 4) is 17.3 Å². The Kier molecular flexibility index (Phi) is 9.28. The number of nitriles is 1. The molecule has 1 aliphatic heterocycles. The number of benzene rings is 3. The number of thioether (sulfide) groups is 1. The maximum Gasteiger partial charge on any atom is 0.338 e. The molecule has 1 aromatic heterocycles. The molecule has 0 spiro atoms. The second-order valence-corrected chi connectivity index (χ2v) is 12.1. The monoisotopic (exact) mass is 693 g/mol. The number of hydrogen-bond donors (Lipinski definition) is 0. The second kappa shape index (κ2) is 13.1. The fourth-order valence-electron chi connectivity index (χ4n) is 4.21. The number of rotatable bonds is 8. The number of pyridine rings is 1. The molecule has 2 heterocycles. The Morgan fingerprint density at radius 2 is 1.67 bits per heavy atom. The number of carbonyl (C=O) groups excluding carboxylic acids is 4. The molecule has 0 bridgehead atoms. The number of ether oxygens (including phenoxy) is 1. The molecule has 5 rings (SSSR count). The number of amides is 2. The van der Waals surface area contributed by atoms with Crippen molar-refractivity contribution in [1.82, 2.24) is 4.98 Å². The van der Waals surface area contributed by atoms with E-state index in [0.29, 0.717) is 31.9 Å². The molecule has 4 aromatic rings. The summed E-state index contributed by atoms with van der Waals surface area (Å²) in [7, 11) is 0. The third-order valence-electron chi connectivity index (χ3n) is 6.42. The first-order valence-electron chi connectivity index (χ1n) is 12.6. The quantitative estimate of drug-likeness (QED) is 0.108. The number of Topliss-reactive ketones (excluding diaryl/α,β-unsaturated/α-hetero) is 1. The molecule has 12 heteroatoms. The maximum absolute atomic E-state index is 13.3. The molecule has 0 saturated carbocycles. The van der Waals surface area contributed by atoms with E-state index in [2.05, 4.69) is 27.0 Å². The van der Waals surface area contributed by atoms with Crippen molar-refractivity contribution in [3.63, 3.8) is 0 Å². The molecule has 1 saturated heterocycles. The highest BCUT2D eigenvalue weighted by Gasteiger charge is 2.41. The Labute approximate surface area is 268 Å². The molecule has 1 fully saturated rings. The molecule has 0 aliphatic carbocycles. The summed E-state index contributed by atoms with van der Waals surface area (Å²) in [5.74, 6) is -1.99. The number of imide groups is 1. The van der Waals surface area contributed by atoms with Gasteiger partial charge in [-0.3, -0.25) is 14.4 Å². The Morgan fingerprint density at radius 3 is 2.35 bits per heavy atom. The van der Waals surface area contributed by atoms with Crippen LogP contribution in [0.1, 0.15) is 32.7 Å². The van der Waals surface area contributed by atoms with Gasteiger partial charge >= 0.3 is 5.97 Å². The molecule has 214 valence electrons. The zero-order chi connectivity index (χ0) is 30.7. The van der Waals surface area contributed by atoms with Crippen molar-refractivity contribution < 1.29 is 23.9 Å². The van der Waals surface area contributed by atoms with Gasteiger partial charge in [0.2, 0.25) is 11.8 Å². The van der Waals surface area contributed by atoms with Crippen LogP contribution >= 0.6 is 50.9 Å². The minimum absolute atomic E-state index is 0.102. The molecular formula is C31H18BrCl2N3O5S. The van der Waals surface area contributed by atoms with E-state index in [9.17, 15) is 24.4 Å². The van der Waals surface area contributed by atoms with Crippen LogP contribution in [0.15, 0.2) is 88.4 Å². The predicted molar refractivity (Wildman–Crippen MR) is 166 cm³/mol. The first kappa shape index (κ1) is 30.4. The standard InChI is InChI=1S/C31H18BrCl2N3O5S/c32-21-7-1-17(2-8-21)26(38)16-42-31(41)18-3-9-22(10-4-18)37-28(39)14-27(30(37)40)43-29-20(15-35)6-12-25(36-29)19-5-11-23(33)24(34)13-19/h1-13,27H,14,16H2. The summed E-state index contributed by atoms with van der Waals surface area (Å²) in [5, 5.41) is 9.85. The van der Waals surface area contributed by atoms with E-state index >= 15 is 0 Å². The van der Waals surface area contributed by atoms with Crippen molar-refractivity contribution >= 4 is 80.1 Å². The highest BCUT2D eigenvalue weighted by Crippen LogP contribution is 2.36. The molecule has 43 heavy (non-hydrogen) atoms. The van der Waals surface area contributed by atoms with Gasteiger partial charge in [-0.25, -0.2) is 14.7 Å². The van der Waals surface area contributed by atoms with Crippen LogP contribution in [-0.4, -0.2) is 40.4 Å². The van der Waals surface area contributed by atoms with E-state index in [-0.39, 0.29) is 29.0 Å². The Hall–Kier alpha value is -4.01. The van der Waals surface area contributed by atoms with Crippen LogP contribution in [0.5, 0.6) is 0 Å². The van der Waals surface area contributed by atoms with E-state index in [1.54, 1.807) is 54.6 Å². The van der Waals surface area contributed by atoms with E-state index in [4.69, 9.17) is 27.9 Å². The molecule has 1 atom stereocenters. The van der Waals surface area contributed by atoms with Gasteiger partial charge < -0.3 is 4.74 Å². The molecule has 8 nitrogen and oxygen atoms in total. The molecule has 3 aromatic carbocycles. The smallest absolute Gasteiger partial charge is 0.338 e. The van der Waals surface area contributed by atoms with Crippen LogP contribution in [0, 0.1) is 11.3 Å². The minimum atomic E-state index is -0.814. The fourth-order valence-corrected chi connectivity index (χ4v) is 5.87. The van der Waals surface area contributed by atoms with Gasteiger partial charge in [0.05, 0.1) is 37.8 Å². The van der Waals surface area contributed by atoms with Crippen molar-refractivity contribution in [2.75, 3.05) is 11.5 Å². The zero-order valence-electron chi connectivity index (χ0n) is 21.9. The Balaban J connectivity index is 1.26. The van der Waals surface area contributed by atoms with Crippen LogP contribution in [0.2, 0.25) is 10.0 Å². The normalized spacial score (nSPS) is 14.5. The number of anilines is 1. The largest absolute Gasteiger partial charge is 0.454 e. The SMILES string of the molecule is N#Cc1ccc(-c2ccc(Cl)c(Cl)c2)nc1SC1CC(=O)N(c2ccc(C(=O)OCC(=O)c3ccc(Br)cc3)cc2)C1=O. The second-order valence-electron chi connectivity index (χ2n) is 9.22. The summed E-state index contributed by atoms with van der Waals surface area (Å²) in [5.41, 5.74) is 2.29. The third-order valence-corrected chi connectivity index (χ3v) is 8.87. The van der Waals surface area contributed by atoms with Gasteiger partial charge in [-0.15, -0.1) is 0 Å². The average molecular weight is 695 g/mol. The van der Waals surface area contributed by atoms with Crippen molar-refractivity contribution in [1.29, 1.82) is 5.26 Å². The number of esters is 1. The van der Waals surface area contributed by atoms with Gasteiger partial charge in [0.15, 0.2) is 12.4 Å². The molecule has 0 radical (unpaired) electrons. The zero-order valence-corrected chi connectivity index (χ0v) is 25.8. The van der Waals surface area contributed by atoms with Crippen LogP contribution < -0.4 is 4.90 Å². The number of ketones is 1. The lowest BCUT2D eigenvalue weighted by atomic mass is 10.1. The van der Waals surface area contributed by atoms with Gasteiger partial charge in [0, 0.05) is 22.0 Å². The molecule has 1 unspecified atom stereocenters. The third kappa shape index (κ3) is 6.81. The van der Waals surface area contributed by atoms with Crippen molar-refractivity contribution in [2.24, 2.45) is 0 Å². The summed E-state index contributed by atoms with van der Waals surface area (Å²) in [6.45, 7) is -0.435. The lowest BCUT2D eigenvalue weighted by Crippen LogP contribution is -2.31. The Morgan fingerprint density at radius 1 is 0.977 bits per heavy atom. The van der Waals surface area contributed by atoms with E-state index in [1.165, 1.54) is 24.3 Å². The highest BCUT2D eigenvalue weighted by molar-refractivity contribution is 9.10. The summed E-state index contributed by atoms with van der Waals surface area (Å²) < 4.78 is 5.96. The number of hydrogen-bond acceptors (Lipinski definition) is 8. The molecule has 1 aliphatic rings. The van der Waals surface area contributed by atoms with Gasteiger partial charge in [-0.2, -0.15) is 5.26 Å². The summed E-state index contributed by atoms with van der Waals surface area (Å²) in [4.78, 5) is 56.6. The van der Waals surface area contributed by atoms with Gasteiger partial charge in [0.25, 0.3) is 0 Å². The number of carbonyl (C=O) groups is 4. The fraction of sp³-hybridized carbons (Fsp3) is 0.0968. The van der Waals surface area contributed by atoms with Crippen molar-refractivity contribution in [3.05, 3.63) is 110 Å². The topological polar surface area (TPSA) is 117 Å². The van der Waals surface area contributed by atoms with Crippen LogP contribution in [0.25, 0.3) is 11.3 Å². The average Bonchev–Trinajstić information content (AvgIpc) is 3.29. The lowest BCUT2D eigenvalue weighted by Gasteiger charge is -2.15. The van der Waals surface area contributed by atoms with Crippen LogP contribution in [0.4, 0.5) is 5.69 Å². The van der Waals surface area contributed by atoms with Crippen molar-refractivity contribution in [2.45, 2.75) is 16.7 Å². The van der Waals surface area contributed by atoms with E-state index in [1.807, 2.05) is 0 Å². The molecule has 0 N–H and O–H groups in total. The Bertz CT molecular complexity index is 1810. The molecule has 2 amide bonds. The molecular weight excluding hydrogens is 677 g/mol.